The van der Waals surface area contributed by atoms with Gasteiger partial charge in [-0.2, -0.15) is 11.6 Å². The Kier molecular flexibility index (Phi) is 4.58. The van der Waals surface area contributed by atoms with Gasteiger partial charge >= 0.3 is 29.6 Å². The van der Waals surface area contributed by atoms with Crippen molar-refractivity contribution in [2.45, 2.75) is 52.4 Å². The molecule has 0 N–H and O–H groups in total. The second-order valence-corrected chi connectivity index (χ2v) is 5.85. The molecule has 0 atom stereocenters. The molecule has 0 aromatic heterocycles. The van der Waals surface area contributed by atoms with E-state index < -0.39 is 0 Å². The zero-order valence-corrected chi connectivity index (χ0v) is 12.7. The molecule has 0 radical (unpaired) electrons. The average molecular weight is 200 g/mol. The molecule has 0 amide bonds. The van der Waals surface area contributed by atoms with Gasteiger partial charge < -0.3 is 0 Å². The number of hydrogen-bond donors (Lipinski definition) is 0. The second kappa shape index (κ2) is 4.47. The third-order valence-corrected chi connectivity index (χ3v) is 2.43. The van der Waals surface area contributed by atoms with Crippen molar-refractivity contribution in [3.8, 4) is 0 Å². The summed E-state index contributed by atoms with van der Waals surface area (Å²) in [4.78, 5) is 0. The SMILES string of the molecule is CC(C)(C)c1ccc[c-]1C(C)(C)C.[Na+]. The fourth-order valence-corrected chi connectivity index (χ4v) is 1.73. The average Bonchev–Trinajstić information content (AvgIpc) is 2.27. The number of rotatable bonds is 0. The van der Waals surface area contributed by atoms with E-state index in [1.165, 1.54) is 11.1 Å². The van der Waals surface area contributed by atoms with E-state index in [1.807, 2.05) is 0 Å². The van der Waals surface area contributed by atoms with Crippen molar-refractivity contribution < 1.29 is 29.6 Å². The normalized spacial score (nSPS) is 12.4. The van der Waals surface area contributed by atoms with E-state index in [4.69, 9.17) is 0 Å². The summed E-state index contributed by atoms with van der Waals surface area (Å²) in [5.74, 6) is 0. The molecule has 0 aliphatic heterocycles. The van der Waals surface area contributed by atoms with Crippen LogP contribution in [0.25, 0.3) is 0 Å². The molecule has 0 aliphatic carbocycles. The van der Waals surface area contributed by atoms with Gasteiger partial charge in [0.25, 0.3) is 0 Å². The molecule has 14 heavy (non-hydrogen) atoms. The van der Waals surface area contributed by atoms with Gasteiger partial charge in [-0.25, -0.2) is 12.1 Å². The summed E-state index contributed by atoms with van der Waals surface area (Å²) in [7, 11) is 0. The monoisotopic (exact) mass is 200 g/mol. The first-order valence-electron chi connectivity index (χ1n) is 4.99. The van der Waals surface area contributed by atoms with Gasteiger partial charge in [0.15, 0.2) is 0 Å². The van der Waals surface area contributed by atoms with Crippen LogP contribution in [-0.2, 0) is 10.8 Å². The molecule has 0 saturated carbocycles. The molecule has 0 saturated heterocycles. The van der Waals surface area contributed by atoms with E-state index in [9.17, 15) is 0 Å². The Morgan fingerprint density at radius 3 is 1.79 bits per heavy atom. The molecule has 1 aromatic rings. The fraction of sp³-hybridized carbons (Fsp3) is 0.615. The van der Waals surface area contributed by atoms with Gasteiger partial charge in [0.2, 0.25) is 0 Å². The molecule has 1 rings (SSSR count). The van der Waals surface area contributed by atoms with Crippen LogP contribution in [0.1, 0.15) is 52.7 Å². The first-order valence-corrected chi connectivity index (χ1v) is 4.99. The Hall–Kier alpha value is 0.350. The molecule has 0 bridgehead atoms. The van der Waals surface area contributed by atoms with Gasteiger partial charge in [0.05, 0.1) is 0 Å². The van der Waals surface area contributed by atoms with Crippen molar-refractivity contribution in [2.24, 2.45) is 0 Å². The molecule has 0 fully saturated rings. The van der Waals surface area contributed by atoms with Crippen LogP contribution in [-0.4, -0.2) is 0 Å². The van der Waals surface area contributed by atoms with Gasteiger partial charge in [0, 0.05) is 0 Å². The van der Waals surface area contributed by atoms with Crippen LogP contribution in [0.15, 0.2) is 18.2 Å². The van der Waals surface area contributed by atoms with Gasteiger partial charge in [-0.05, 0) is 5.41 Å². The summed E-state index contributed by atoms with van der Waals surface area (Å²) in [6, 6.07) is 6.67. The summed E-state index contributed by atoms with van der Waals surface area (Å²) >= 11 is 0. The zero-order valence-electron chi connectivity index (χ0n) is 10.7. The van der Waals surface area contributed by atoms with Crippen molar-refractivity contribution in [1.29, 1.82) is 0 Å². The predicted molar refractivity (Wildman–Crippen MR) is 59.4 cm³/mol. The van der Waals surface area contributed by atoms with Crippen LogP contribution in [0.5, 0.6) is 0 Å². The maximum atomic E-state index is 2.28. The fourth-order valence-electron chi connectivity index (χ4n) is 1.73. The van der Waals surface area contributed by atoms with Gasteiger partial charge in [-0.15, -0.1) is 5.56 Å². The minimum atomic E-state index is 0. The number of hydrogen-bond acceptors (Lipinski definition) is 0. The van der Waals surface area contributed by atoms with E-state index in [0.29, 0.717) is 0 Å². The first-order chi connectivity index (χ1) is 5.73. The maximum Gasteiger partial charge on any atom is 1.00 e. The summed E-state index contributed by atoms with van der Waals surface area (Å²) in [6.45, 7) is 13.7. The Bertz CT molecular complexity index is 252. The van der Waals surface area contributed by atoms with Crippen LogP contribution in [0.3, 0.4) is 0 Å². The molecule has 1 aromatic carbocycles. The molecule has 0 heterocycles. The second-order valence-electron chi connectivity index (χ2n) is 5.85. The minimum Gasteiger partial charge on any atom is -0.213 e. The third-order valence-electron chi connectivity index (χ3n) is 2.43. The summed E-state index contributed by atoms with van der Waals surface area (Å²) in [6.07, 6.45) is 0. The van der Waals surface area contributed by atoms with E-state index in [1.54, 1.807) is 0 Å². The van der Waals surface area contributed by atoms with E-state index >= 15 is 0 Å². The standard InChI is InChI=1S/C13H21.Na/c1-12(2,3)10-8-7-9-11(10)13(4,5)6;/h7-9H,1-6H3;/q-1;+1. The van der Waals surface area contributed by atoms with Crippen LogP contribution in [0.2, 0.25) is 0 Å². The van der Waals surface area contributed by atoms with E-state index in [-0.39, 0.29) is 40.4 Å². The summed E-state index contributed by atoms with van der Waals surface area (Å²) < 4.78 is 0. The molecular formula is C13H21Na. The van der Waals surface area contributed by atoms with Gasteiger partial charge in [-0.1, -0.05) is 47.0 Å². The van der Waals surface area contributed by atoms with Crippen LogP contribution in [0.4, 0.5) is 0 Å². The van der Waals surface area contributed by atoms with Crippen LogP contribution in [0, 0.1) is 0 Å². The molecule has 0 nitrogen and oxygen atoms in total. The Morgan fingerprint density at radius 2 is 1.50 bits per heavy atom. The Balaban J connectivity index is 0.00000169. The third kappa shape index (κ3) is 3.18. The molecule has 0 spiro atoms. The molecule has 0 aliphatic rings. The first kappa shape index (κ1) is 14.3. The van der Waals surface area contributed by atoms with Crippen molar-refractivity contribution in [1.82, 2.24) is 0 Å². The van der Waals surface area contributed by atoms with Crippen molar-refractivity contribution in [3.63, 3.8) is 0 Å². The summed E-state index contributed by atoms with van der Waals surface area (Å²) in [5, 5.41) is 0. The van der Waals surface area contributed by atoms with E-state index in [2.05, 4.69) is 59.7 Å². The van der Waals surface area contributed by atoms with Crippen molar-refractivity contribution >= 4 is 0 Å². The molecular weight excluding hydrogens is 179 g/mol. The van der Waals surface area contributed by atoms with Crippen molar-refractivity contribution in [2.75, 3.05) is 0 Å². The van der Waals surface area contributed by atoms with Crippen LogP contribution >= 0.6 is 0 Å². The minimum absolute atomic E-state index is 0. The molecule has 74 valence electrons. The van der Waals surface area contributed by atoms with Gasteiger partial charge in [0.1, 0.15) is 0 Å². The van der Waals surface area contributed by atoms with Crippen molar-refractivity contribution in [3.05, 3.63) is 29.3 Å². The van der Waals surface area contributed by atoms with Crippen LogP contribution < -0.4 is 29.6 Å². The molecule has 0 unspecified atom stereocenters. The summed E-state index contributed by atoms with van der Waals surface area (Å²) in [5.41, 5.74) is 3.51. The largest absolute Gasteiger partial charge is 1.00 e. The van der Waals surface area contributed by atoms with Gasteiger partial charge in [-0.3, -0.25) is 0 Å². The Morgan fingerprint density at radius 1 is 1.00 bits per heavy atom. The molecule has 1 heteroatoms. The predicted octanol–water partition coefficient (Wildman–Crippen LogP) is 1.00. The van der Waals surface area contributed by atoms with E-state index in [0.717, 1.165) is 0 Å². The quantitative estimate of drug-likeness (QED) is 0.433. The maximum absolute atomic E-state index is 2.28. The zero-order chi connectivity index (χ0) is 10.3. The Labute approximate surface area is 111 Å². The topological polar surface area (TPSA) is 0 Å². The smallest absolute Gasteiger partial charge is 0.213 e.